The van der Waals surface area contributed by atoms with Crippen LogP contribution in [0.2, 0.25) is 0 Å². The molecule has 94 valence electrons. The summed E-state index contributed by atoms with van der Waals surface area (Å²) in [4.78, 5) is 11.3. The normalized spacial score (nSPS) is 12.5. The van der Waals surface area contributed by atoms with Crippen LogP contribution in [-0.4, -0.2) is 13.1 Å². The summed E-state index contributed by atoms with van der Waals surface area (Å²) >= 11 is 0. The highest BCUT2D eigenvalue weighted by molar-refractivity contribution is 5.89. The van der Waals surface area contributed by atoms with Crippen molar-refractivity contribution < 1.29 is 9.53 Å². The maximum absolute atomic E-state index is 11.3. The van der Waals surface area contributed by atoms with Crippen LogP contribution in [0.1, 0.15) is 48.7 Å². The Kier molecular flexibility index (Phi) is 5.16. The highest BCUT2D eigenvalue weighted by atomic mass is 16.5. The molecule has 0 aliphatic rings. The Hall–Kier alpha value is -1.35. The second kappa shape index (κ2) is 6.40. The Balaban J connectivity index is 2.63. The number of hydrogen-bond donors (Lipinski definition) is 1. The molecule has 1 aromatic carbocycles. The second-order valence-electron chi connectivity index (χ2n) is 4.69. The molecule has 0 aromatic heterocycles. The van der Waals surface area contributed by atoms with Crippen LogP contribution >= 0.6 is 0 Å². The summed E-state index contributed by atoms with van der Waals surface area (Å²) in [5, 5.41) is 0. The SMILES string of the molecule is COC(=O)c1ccc([C@@H](N)CCC(C)C)cc1. The van der Waals surface area contributed by atoms with E-state index in [9.17, 15) is 4.79 Å². The van der Waals surface area contributed by atoms with Crippen molar-refractivity contribution >= 4 is 5.97 Å². The van der Waals surface area contributed by atoms with Crippen LogP contribution < -0.4 is 5.73 Å². The van der Waals surface area contributed by atoms with Gasteiger partial charge in [-0.2, -0.15) is 0 Å². The van der Waals surface area contributed by atoms with E-state index < -0.39 is 0 Å². The fourth-order valence-corrected chi connectivity index (χ4v) is 1.66. The number of rotatable bonds is 5. The Bertz CT molecular complexity index is 357. The van der Waals surface area contributed by atoms with Crippen molar-refractivity contribution in [1.29, 1.82) is 0 Å². The summed E-state index contributed by atoms with van der Waals surface area (Å²) < 4.78 is 4.65. The number of nitrogens with two attached hydrogens (primary N) is 1. The van der Waals surface area contributed by atoms with E-state index >= 15 is 0 Å². The minimum Gasteiger partial charge on any atom is -0.465 e. The van der Waals surface area contributed by atoms with E-state index in [0.29, 0.717) is 11.5 Å². The van der Waals surface area contributed by atoms with E-state index in [1.165, 1.54) is 7.11 Å². The van der Waals surface area contributed by atoms with Crippen molar-refractivity contribution in [3.05, 3.63) is 35.4 Å². The van der Waals surface area contributed by atoms with Crippen LogP contribution in [-0.2, 0) is 4.74 Å². The zero-order valence-electron chi connectivity index (χ0n) is 10.8. The predicted molar refractivity (Wildman–Crippen MR) is 68.8 cm³/mol. The molecule has 3 heteroatoms. The smallest absolute Gasteiger partial charge is 0.337 e. The van der Waals surface area contributed by atoms with Gasteiger partial charge in [0, 0.05) is 6.04 Å². The molecule has 0 heterocycles. The van der Waals surface area contributed by atoms with Crippen molar-refractivity contribution in [2.45, 2.75) is 32.7 Å². The molecule has 0 unspecified atom stereocenters. The quantitative estimate of drug-likeness (QED) is 0.798. The zero-order valence-corrected chi connectivity index (χ0v) is 10.8. The van der Waals surface area contributed by atoms with Gasteiger partial charge in [-0.3, -0.25) is 0 Å². The molecule has 1 atom stereocenters. The average Bonchev–Trinajstić information content (AvgIpc) is 2.35. The van der Waals surface area contributed by atoms with Crippen LogP contribution in [0.5, 0.6) is 0 Å². The van der Waals surface area contributed by atoms with Crippen LogP contribution in [0.3, 0.4) is 0 Å². The minimum absolute atomic E-state index is 0.0455. The molecule has 0 aliphatic carbocycles. The number of carbonyl (C=O) groups is 1. The van der Waals surface area contributed by atoms with Crippen molar-refractivity contribution in [3.63, 3.8) is 0 Å². The Morgan fingerprint density at radius 2 is 1.82 bits per heavy atom. The van der Waals surface area contributed by atoms with Gasteiger partial charge in [0.05, 0.1) is 12.7 Å². The molecule has 1 rings (SSSR count). The third-order valence-corrected chi connectivity index (χ3v) is 2.81. The molecule has 2 N–H and O–H groups in total. The topological polar surface area (TPSA) is 52.3 Å². The Labute approximate surface area is 103 Å². The Morgan fingerprint density at radius 1 is 1.24 bits per heavy atom. The average molecular weight is 235 g/mol. The molecule has 0 amide bonds. The van der Waals surface area contributed by atoms with Crippen molar-refractivity contribution in [1.82, 2.24) is 0 Å². The number of esters is 1. The van der Waals surface area contributed by atoms with Crippen LogP contribution in [0, 0.1) is 5.92 Å². The van der Waals surface area contributed by atoms with Gasteiger partial charge in [0.15, 0.2) is 0 Å². The molecule has 0 saturated carbocycles. The molecule has 0 radical (unpaired) electrons. The summed E-state index contributed by atoms with van der Waals surface area (Å²) in [7, 11) is 1.38. The molecular weight excluding hydrogens is 214 g/mol. The van der Waals surface area contributed by atoms with Gasteiger partial charge in [0.2, 0.25) is 0 Å². The predicted octanol–water partition coefficient (Wildman–Crippen LogP) is 2.91. The third kappa shape index (κ3) is 4.19. The van der Waals surface area contributed by atoms with Gasteiger partial charge >= 0.3 is 5.97 Å². The van der Waals surface area contributed by atoms with Crippen molar-refractivity contribution in [2.24, 2.45) is 11.7 Å². The number of methoxy groups -OCH3 is 1. The zero-order chi connectivity index (χ0) is 12.8. The first-order valence-corrected chi connectivity index (χ1v) is 5.98. The highest BCUT2D eigenvalue weighted by Gasteiger charge is 2.09. The molecular formula is C14H21NO2. The molecule has 17 heavy (non-hydrogen) atoms. The number of benzene rings is 1. The molecule has 3 nitrogen and oxygen atoms in total. The Morgan fingerprint density at radius 3 is 2.29 bits per heavy atom. The van der Waals surface area contributed by atoms with Gasteiger partial charge in [-0.15, -0.1) is 0 Å². The largest absolute Gasteiger partial charge is 0.465 e. The van der Waals surface area contributed by atoms with Gasteiger partial charge in [0.1, 0.15) is 0 Å². The van der Waals surface area contributed by atoms with Crippen LogP contribution in [0.4, 0.5) is 0 Å². The molecule has 0 spiro atoms. The summed E-state index contributed by atoms with van der Waals surface area (Å²) in [6.07, 6.45) is 2.08. The van der Waals surface area contributed by atoms with Gasteiger partial charge in [-0.05, 0) is 36.5 Å². The van der Waals surface area contributed by atoms with E-state index in [-0.39, 0.29) is 12.0 Å². The van der Waals surface area contributed by atoms with Gasteiger partial charge in [0.25, 0.3) is 0 Å². The lowest BCUT2D eigenvalue weighted by atomic mass is 9.98. The van der Waals surface area contributed by atoms with Gasteiger partial charge in [-0.1, -0.05) is 26.0 Å². The molecule has 0 aliphatic heterocycles. The molecule has 0 fully saturated rings. The fourth-order valence-electron chi connectivity index (χ4n) is 1.66. The fraction of sp³-hybridized carbons (Fsp3) is 0.500. The second-order valence-corrected chi connectivity index (χ2v) is 4.69. The minimum atomic E-state index is -0.313. The standard InChI is InChI=1S/C14H21NO2/c1-10(2)4-9-13(15)11-5-7-12(8-6-11)14(16)17-3/h5-8,10,13H,4,9,15H2,1-3H3/t13-/m0/s1. The lowest BCUT2D eigenvalue weighted by Crippen LogP contribution is -2.11. The van der Waals surface area contributed by atoms with E-state index in [1.54, 1.807) is 12.1 Å². The van der Waals surface area contributed by atoms with Crippen LogP contribution in [0.15, 0.2) is 24.3 Å². The van der Waals surface area contributed by atoms with E-state index in [1.807, 2.05) is 12.1 Å². The highest BCUT2D eigenvalue weighted by Crippen LogP contribution is 2.19. The number of carbonyl (C=O) groups excluding carboxylic acids is 1. The van der Waals surface area contributed by atoms with Crippen molar-refractivity contribution in [2.75, 3.05) is 7.11 Å². The maximum Gasteiger partial charge on any atom is 0.337 e. The first-order valence-electron chi connectivity index (χ1n) is 5.98. The summed E-state index contributed by atoms with van der Waals surface area (Å²) in [6, 6.07) is 7.37. The van der Waals surface area contributed by atoms with E-state index in [2.05, 4.69) is 18.6 Å². The molecule has 1 aromatic rings. The van der Waals surface area contributed by atoms with Gasteiger partial charge in [-0.25, -0.2) is 4.79 Å². The maximum atomic E-state index is 11.3. The van der Waals surface area contributed by atoms with E-state index in [4.69, 9.17) is 5.73 Å². The van der Waals surface area contributed by atoms with Crippen LogP contribution in [0.25, 0.3) is 0 Å². The van der Waals surface area contributed by atoms with Crippen molar-refractivity contribution in [3.8, 4) is 0 Å². The molecule has 0 bridgehead atoms. The van der Waals surface area contributed by atoms with Gasteiger partial charge < -0.3 is 10.5 Å². The lowest BCUT2D eigenvalue weighted by Gasteiger charge is -2.13. The third-order valence-electron chi connectivity index (χ3n) is 2.81. The first kappa shape index (κ1) is 13.7. The lowest BCUT2D eigenvalue weighted by molar-refractivity contribution is 0.0600. The number of hydrogen-bond acceptors (Lipinski definition) is 3. The molecule has 0 saturated heterocycles. The summed E-state index contributed by atoms with van der Waals surface area (Å²) in [6.45, 7) is 4.38. The first-order chi connectivity index (χ1) is 8.04. The number of ether oxygens (including phenoxy) is 1. The monoisotopic (exact) mass is 235 g/mol. The summed E-state index contributed by atoms with van der Waals surface area (Å²) in [5.74, 6) is 0.350. The van der Waals surface area contributed by atoms with E-state index in [0.717, 1.165) is 18.4 Å². The summed E-state index contributed by atoms with van der Waals surface area (Å²) in [5.41, 5.74) is 7.72.